The Morgan fingerprint density at radius 2 is 2.36 bits per heavy atom. The molecule has 1 fully saturated rings. The number of nitrogens with one attached hydrogen (secondary N) is 1. The minimum Gasteiger partial charge on any atom is -0.310 e. The Bertz CT molecular complexity index is 150. The first kappa shape index (κ1) is 9.08. The zero-order valence-electron chi connectivity index (χ0n) is 7.23. The fourth-order valence-corrected chi connectivity index (χ4v) is 1.20. The number of hydrogen-bond acceptors (Lipinski definition) is 1. The van der Waals surface area contributed by atoms with E-state index in [4.69, 9.17) is 11.6 Å². The highest BCUT2D eigenvalue weighted by Gasteiger charge is 2.27. The van der Waals surface area contributed by atoms with Crippen molar-refractivity contribution >= 4 is 11.6 Å². The van der Waals surface area contributed by atoms with Gasteiger partial charge in [0.05, 0.1) is 0 Å². The molecule has 0 amide bonds. The molecular weight excluding hydrogens is 158 g/mol. The summed E-state index contributed by atoms with van der Waals surface area (Å²) in [6.45, 7) is 5.22. The fraction of sp³-hybridized carbons (Fsp3) is 0.778. The lowest BCUT2D eigenvalue weighted by Gasteiger charge is -2.11. The van der Waals surface area contributed by atoms with Crippen LogP contribution in [0.3, 0.4) is 0 Å². The first-order valence-electron chi connectivity index (χ1n) is 4.23. The van der Waals surface area contributed by atoms with Crippen LogP contribution >= 0.6 is 11.6 Å². The molecule has 0 spiro atoms. The third-order valence-electron chi connectivity index (χ3n) is 2.22. The fourth-order valence-electron chi connectivity index (χ4n) is 1.12. The van der Waals surface area contributed by atoms with Crippen molar-refractivity contribution in [1.29, 1.82) is 0 Å². The molecule has 0 aliphatic heterocycles. The zero-order chi connectivity index (χ0) is 8.27. The maximum absolute atomic E-state index is 5.53. The topological polar surface area (TPSA) is 12.0 Å². The molecule has 0 bridgehead atoms. The van der Waals surface area contributed by atoms with Crippen molar-refractivity contribution in [2.45, 2.75) is 32.7 Å². The van der Waals surface area contributed by atoms with Crippen LogP contribution in [0.1, 0.15) is 26.7 Å². The quantitative estimate of drug-likeness (QED) is 0.689. The number of rotatable bonds is 4. The summed E-state index contributed by atoms with van der Waals surface area (Å²) in [5.74, 6) is 0.929. The Kier molecular flexibility index (Phi) is 3.41. The SMILES string of the molecule is CC(=CCl)CNC(C)C1CC1. The van der Waals surface area contributed by atoms with E-state index < -0.39 is 0 Å². The van der Waals surface area contributed by atoms with Gasteiger partial charge in [-0.1, -0.05) is 11.6 Å². The van der Waals surface area contributed by atoms with E-state index in [0.29, 0.717) is 6.04 Å². The molecule has 0 heterocycles. The lowest BCUT2D eigenvalue weighted by molar-refractivity contribution is 0.518. The molecule has 1 rings (SSSR count). The molecule has 1 nitrogen and oxygen atoms in total. The maximum Gasteiger partial charge on any atom is 0.0176 e. The summed E-state index contributed by atoms with van der Waals surface area (Å²) in [5.41, 5.74) is 2.85. The van der Waals surface area contributed by atoms with Crippen molar-refractivity contribution in [3.63, 3.8) is 0 Å². The van der Waals surface area contributed by atoms with Gasteiger partial charge in [-0.05, 0) is 38.2 Å². The van der Waals surface area contributed by atoms with E-state index in [1.54, 1.807) is 5.54 Å². The van der Waals surface area contributed by atoms with E-state index in [1.807, 2.05) is 6.92 Å². The van der Waals surface area contributed by atoms with Crippen LogP contribution in [0, 0.1) is 5.92 Å². The lowest BCUT2D eigenvalue weighted by atomic mass is 10.2. The molecule has 0 aromatic carbocycles. The minimum absolute atomic E-state index is 0.668. The summed E-state index contributed by atoms with van der Waals surface area (Å²) >= 11 is 5.53. The van der Waals surface area contributed by atoms with E-state index >= 15 is 0 Å². The molecule has 0 aromatic rings. The molecule has 1 aliphatic carbocycles. The highest BCUT2D eigenvalue weighted by Crippen LogP contribution is 2.32. The number of halogens is 1. The summed E-state index contributed by atoms with van der Waals surface area (Å²) in [5, 5.41) is 3.44. The van der Waals surface area contributed by atoms with Crippen LogP contribution in [0.2, 0.25) is 0 Å². The van der Waals surface area contributed by atoms with Crippen LogP contribution < -0.4 is 5.32 Å². The van der Waals surface area contributed by atoms with Gasteiger partial charge in [-0.3, -0.25) is 0 Å². The molecule has 1 N–H and O–H groups in total. The van der Waals surface area contributed by atoms with E-state index in [-0.39, 0.29) is 0 Å². The van der Waals surface area contributed by atoms with E-state index in [0.717, 1.165) is 12.5 Å². The Morgan fingerprint density at radius 1 is 1.73 bits per heavy atom. The summed E-state index contributed by atoms with van der Waals surface area (Å²) in [6.07, 6.45) is 2.80. The van der Waals surface area contributed by atoms with Gasteiger partial charge < -0.3 is 5.32 Å². The maximum atomic E-state index is 5.53. The van der Waals surface area contributed by atoms with Gasteiger partial charge in [0.1, 0.15) is 0 Å². The highest BCUT2D eigenvalue weighted by molar-refractivity contribution is 6.25. The smallest absolute Gasteiger partial charge is 0.0176 e. The van der Waals surface area contributed by atoms with E-state index in [9.17, 15) is 0 Å². The van der Waals surface area contributed by atoms with Gasteiger partial charge in [-0.2, -0.15) is 0 Å². The molecule has 1 aliphatic rings. The molecule has 2 heteroatoms. The van der Waals surface area contributed by atoms with Gasteiger partial charge in [0.15, 0.2) is 0 Å². The van der Waals surface area contributed by atoms with Crippen molar-refractivity contribution in [3.8, 4) is 0 Å². The first-order valence-corrected chi connectivity index (χ1v) is 4.67. The Hall–Kier alpha value is -0.0100. The van der Waals surface area contributed by atoms with Crippen molar-refractivity contribution in [2.24, 2.45) is 5.92 Å². The van der Waals surface area contributed by atoms with Crippen LogP contribution in [0.4, 0.5) is 0 Å². The average Bonchev–Trinajstić information content (AvgIpc) is 2.81. The van der Waals surface area contributed by atoms with Crippen LogP contribution in [0.5, 0.6) is 0 Å². The van der Waals surface area contributed by atoms with Crippen molar-refractivity contribution < 1.29 is 0 Å². The molecule has 1 unspecified atom stereocenters. The first-order chi connectivity index (χ1) is 5.24. The van der Waals surface area contributed by atoms with Gasteiger partial charge in [0.25, 0.3) is 0 Å². The summed E-state index contributed by atoms with van der Waals surface area (Å²) in [6, 6.07) is 0.668. The second kappa shape index (κ2) is 4.13. The molecule has 64 valence electrons. The molecule has 0 radical (unpaired) electrons. The van der Waals surface area contributed by atoms with Gasteiger partial charge in [-0.15, -0.1) is 0 Å². The largest absolute Gasteiger partial charge is 0.310 e. The van der Waals surface area contributed by atoms with Crippen LogP contribution in [-0.4, -0.2) is 12.6 Å². The summed E-state index contributed by atoms with van der Waals surface area (Å²) in [7, 11) is 0. The average molecular weight is 174 g/mol. The zero-order valence-corrected chi connectivity index (χ0v) is 7.99. The van der Waals surface area contributed by atoms with Gasteiger partial charge >= 0.3 is 0 Å². The summed E-state index contributed by atoms with van der Waals surface area (Å²) in [4.78, 5) is 0. The highest BCUT2D eigenvalue weighted by atomic mass is 35.5. The molecule has 0 aromatic heterocycles. The van der Waals surface area contributed by atoms with Crippen LogP contribution in [0.15, 0.2) is 11.1 Å². The van der Waals surface area contributed by atoms with Gasteiger partial charge in [0.2, 0.25) is 0 Å². The van der Waals surface area contributed by atoms with Crippen molar-refractivity contribution in [1.82, 2.24) is 5.32 Å². The normalized spacial score (nSPS) is 21.9. The Balaban J connectivity index is 2.10. The van der Waals surface area contributed by atoms with E-state index in [2.05, 4.69) is 12.2 Å². The molecule has 0 saturated heterocycles. The second-order valence-electron chi connectivity index (χ2n) is 3.46. The monoisotopic (exact) mass is 173 g/mol. The predicted molar refractivity (Wildman–Crippen MR) is 49.8 cm³/mol. The molecule has 11 heavy (non-hydrogen) atoms. The van der Waals surface area contributed by atoms with Crippen LogP contribution in [0.25, 0.3) is 0 Å². The molecule has 1 saturated carbocycles. The van der Waals surface area contributed by atoms with Crippen LogP contribution in [-0.2, 0) is 0 Å². The predicted octanol–water partition coefficient (Wildman–Crippen LogP) is 2.52. The third kappa shape index (κ3) is 3.26. The van der Waals surface area contributed by atoms with Crippen molar-refractivity contribution in [3.05, 3.63) is 11.1 Å². The standard InChI is InChI=1S/C9H16ClN/c1-7(5-10)6-11-8(2)9-3-4-9/h5,8-9,11H,3-4,6H2,1-2H3. The Labute approximate surface area is 73.8 Å². The van der Waals surface area contributed by atoms with E-state index in [1.165, 1.54) is 18.4 Å². The van der Waals surface area contributed by atoms with Crippen molar-refractivity contribution in [2.75, 3.05) is 6.54 Å². The number of hydrogen-bond donors (Lipinski definition) is 1. The molecular formula is C9H16ClN. The third-order valence-corrected chi connectivity index (χ3v) is 2.59. The van der Waals surface area contributed by atoms with Gasteiger partial charge in [-0.25, -0.2) is 0 Å². The van der Waals surface area contributed by atoms with Gasteiger partial charge in [0, 0.05) is 18.1 Å². The molecule has 1 atom stereocenters. The Morgan fingerprint density at radius 3 is 2.82 bits per heavy atom. The summed E-state index contributed by atoms with van der Waals surface area (Å²) < 4.78 is 0. The lowest BCUT2D eigenvalue weighted by Crippen LogP contribution is -2.29. The second-order valence-corrected chi connectivity index (χ2v) is 3.68. The minimum atomic E-state index is 0.668.